The van der Waals surface area contributed by atoms with E-state index >= 15 is 0 Å². The number of hydrogen-bond donors (Lipinski definition) is 4. The van der Waals surface area contributed by atoms with Crippen molar-refractivity contribution >= 4 is 34.0 Å². The number of primary amides is 1. The fourth-order valence-corrected chi connectivity index (χ4v) is 4.53. The van der Waals surface area contributed by atoms with Crippen molar-refractivity contribution < 1.29 is 9.18 Å². The number of pyridine rings is 3. The van der Waals surface area contributed by atoms with Crippen LogP contribution < -0.4 is 22.1 Å². The minimum absolute atomic E-state index is 0.0377. The lowest BCUT2D eigenvalue weighted by atomic mass is 9.91. The number of rotatable bonds is 6. The van der Waals surface area contributed by atoms with Crippen LogP contribution in [0.1, 0.15) is 36.0 Å². The number of carbonyl (C=O) groups is 1. The normalized spacial score (nSPS) is 17.8. The number of halogens is 1. The van der Waals surface area contributed by atoms with Crippen molar-refractivity contribution in [3.05, 3.63) is 72.4 Å². The smallest absolute Gasteiger partial charge is 0.252 e. The van der Waals surface area contributed by atoms with Crippen molar-refractivity contribution in [2.75, 3.05) is 10.6 Å². The fraction of sp³-hybridized carbons (Fsp3) is 0.231. The van der Waals surface area contributed by atoms with Crippen LogP contribution >= 0.6 is 0 Å². The highest BCUT2D eigenvalue weighted by Gasteiger charge is 2.24. The van der Waals surface area contributed by atoms with Gasteiger partial charge in [-0.2, -0.15) is 0 Å². The molecule has 0 unspecified atom stereocenters. The predicted octanol–water partition coefficient (Wildman–Crippen LogP) is 4.36. The van der Waals surface area contributed by atoms with E-state index in [1.807, 2.05) is 30.3 Å². The lowest BCUT2D eigenvalue weighted by Gasteiger charge is -2.30. The molecule has 8 nitrogen and oxygen atoms in total. The Kier molecular flexibility index (Phi) is 6.24. The average molecular weight is 472 g/mol. The summed E-state index contributed by atoms with van der Waals surface area (Å²) in [6, 6.07) is 12.4. The van der Waals surface area contributed by atoms with Crippen molar-refractivity contribution in [3.8, 4) is 11.3 Å². The van der Waals surface area contributed by atoms with Gasteiger partial charge in [0.05, 0.1) is 11.3 Å². The molecule has 1 saturated carbocycles. The molecule has 0 radical (unpaired) electrons. The van der Waals surface area contributed by atoms with E-state index in [1.165, 1.54) is 0 Å². The van der Waals surface area contributed by atoms with Gasteiger partial charge in [-0.25, -0.2) is 9.37 Å². The Morgan fingerprint density at radius 3 is 2.74 bits per heavy atom. The second-order valence-electron chi connectivity index (χ2n) is 8.74. The molecule has 3 heterocycles. The zero-order chi connectivity index (χ0) is 24.4. The third-order valence-corrected chi connectivity index (χ3v) is 6.36. The summed E-state index contributed by atoms with van der Waals surface area (Å²) in [5.41, 5.74) is 14.0. The predicted molar refractivity (Wildman–Crippen MR) is 135 cm³/mol. The number of aromatic nitrogens is 3. The zero-order valence-electron chi connectivity index (χ0n) is 19.0. The van der Waals surface area contributed by atoms with Gasteiger partial charge in [-0.15, -0.1) is 0 Å². The van der Waals surface area contributed by atoms with Gasteiger partial charge >= 0.3 is 0 Å². The van der Waals surface area contributed by atoms with Crippen LogP contribution in [0.3, 0.4) is 0 Å². The van der Waals surface area contributed by atoms with Gasteiger partial charge in [0.25, 0.3) is 5.91 Å². The molecule has 5 rings (SSSR count). The maximum absolute atomic E-state index is 14.8. The van der Waals surface area contributed by atoms with Gasteiger partial charge in [0.15, 0.2) is 11.6 Å². The minimum Gasteiger partial charge on any atom is -0.365 e. The molecule has 3 aromatic heterocycles. The quantitative estimate of drug-likeness (QED) is 0.329. The topological polar surface area (TPSA) is 132 Å². The molecule has 1 fully saturated rings. The lowest BCUT2D eigenvalue weighted by Crippen LogP contribution is -2.43. The van der Waals surface area contributed by atoms with Crippen LogP contribution in [0.15, 0.2) is 61.1 Å². The van der Waals surface area contributed by atoms with Gasteiger partial charge in [-0.1, -0.05) is 31.0 Å². The van der Waals surface area contributed by atoms with E-state index < -0.39 is 11.7 Å². The van der Waals surface area contributed by atoms with Crippen molar-refractivity contribution in [1.82, 2.24) is 15.0 Å². The summed E-state index contributed by atoms with van der Waals surface area (Å²) in [5.74, 6) is -1.24. The number of fused-ring (bicyclic) bond motifs is 1. The van der Waals surface area contributed by atoms with Crippen LogP contribution in [0.5, 0.6) is 0 Å². The highest BCUT2D eigenvalue weighted by Crippen LogP contribution is 2.30. The van der Waals surface area contributed by atoms with Crippen molar-refractivity contribution in [2.45, 2.75) is 37.8 Å². The Hall–Kier alpha value is -4.11. The first kappa shape index (κ1) is 22.7. The van der Waals surface area contributed by atoms with Gasteiger partial charge < -0.3 is 22.1 Å². The van der Waals surface area contributed by atoms with Crippen LogP contribution in [0.2, 0.25) is 0 Å². The van der Waals surface area contributed by atoms with E-state index in [1.54, 1.807) is 24.7 Å². The largest absolute Gasteiger partial charge is 0.365 e. The SMILES string of the molecule is NC(=O)c1cc(F)c(N[C@@H]2CCCC[C@@H]2N)nc1Nc1ccnc(-c2cccc3cnccc23)c1. The molecule has 9 heteroatoms. The average Bonchev–Trinajstić information content (AvgIpc) is 2.87. The molecule has 2 atom stereocenters. The van der Waals surface area contributed by atoms with Gasteiger partial charge in [0.1, 0.15) is 5.82 Å². The molecule has 1 aliphatic rings. The Morgan fingerprint density at radius 1 is 1.06 bits per heavy atom. The molecule has 6 N–H and O–H groups in total. The summed E-state index contributed by atoms with van der Waals surface area (Å²) < 4.78 is 14.8. The summed E-state index contributed by atoms with van der Waals surface area (Å²) in [6.07, 6.45) is 8.97. The van der Waals surface area contributed by atoms with E-state index in [0.717, 1.165) is 53.8 Å². The fourth-order valence-electron chi connectivity index (χ4n) is 4.53. The molecule has 0 bridgehead atoms. The molecular weight excluding hydrogens is 445 g/mol. The molecule has 0 aliphatic heterocycles. The van der Waals surface area contributed by atoms with Gasteiger partial charge in [-0.05, 0) is 42.5 Å². The van der Waals surface area contributed by atoms with Crippen LogP contribution in [0.25, 0.3) is 22.0 Å². The van der Waals surface area contributed by atoms with Crippen molar-refractivity contribution in [2.24, 2.45) is 11.5 Å². The molecule has 1 aromatic carbocycles. The van der Waals surface area contributed by atoms with Crippen LogP contribution in [-0.4, -0.2) is 32.9 Å². The first-order chi connectivity index (χ1) is 17.0. The van der Waals surface area contributed by atoms with Crippen LogP contribution in [0.4, 0.5) is 21.7 Å². The molecule has 35 heavy (non-hydrogen) atoms. The Balaban J connectivity index is 1.49. The number of benzene rings is 1. The monoisotopic (exact) mass is 471 g/mol. The van der Waals surface area contributed by atoms with Gasteiger partial charge in [0.2, 0.25) is 0 Å². The van der Waals surface area contributed by atoms with Crippen LogP contribution in [0, 0.1) is 5.82 Å². The number of anilines is 3. The maximum Gasteiger partial charge on any atom is 0.252 e. The van der Waals surface area contributed by atoms with Crippen molar-refractivity contribution in [3.63, 3.8) is 0 Å². The van der Waals surface area contributed by atoms with Gasteiger partial charge in [-0.3, -0.25) is 14.8 Å². The highest BCUT2D eigenvalue weighted by molar-refractivity contribution is 5.99. The summed E-state index contributed by atoms with van der Waals surface area (Å²) in [7, 11) is 0. The van der Waals surface area contributed by atoms with E-state index in [-0.39, 0.29) is 29.3 Å². The van der Waals surface area contributed by atoms with Crippen molar-refractivity contribution in [1.29, 1.82) is 0 Å². The Bertz CT molecular complexity index is 1390. The number of nitrogens with two attached hydrogens (primary N) is 2. The summed E-state index contributed by atoms with van der Waals surface area (Å²) >= 11 is 0. The zero-order valence-corrected chi connectivity index (χ0v) is 19.0. The van der Waals surface area contributed by atoms with Crippen LogP contribution in [-0.2, 0) is 0 Å². The molecule has 0 saturated heterocycles. The molecule has 178 valence electrons. The second-order valence-corrected chi connectivity index (χ2v) is 8.74. The van der Waals surface area contributed by atoms with E-state index in [4.69, 9.17) is 11.5 Å². The number of carbonyl (C=O) groups excluding carboxylic acids is 1. The molecule has 1 aliphatic carbocycles. The molecule has 0 spiro atoms. The first-order valence-corrected chi connectivity index (χ1v) is 11.6. The first-order valence-electron chi connectivity index (χ1n) is 11.6. The number of amides is 1. The third kappa shape index (κ3) is 4.76. The summed E-state index contributed by atoms with van der Waals surface area (Å²) in [5, 5.41) is 8.27. The Labute approximate surface area is 202 Å². The highest BCUT2D eigenvalue weighted by atomic mass is 19.1. The molecule has 1 amide bonds. The molecule has 4 aromatic rings. The minimum atomic E-state index is -0.782. The molecular formula is C26H26FN7O. The van der Waals surface area contributed by atoms with Gasteiger partial charge in [0, 0.05) is 47.3 Å². The standard InChI is InChI=1S/C26H26FN7O/c27-20-13-19(24(29)35)25(34-26(20)33-22-7-2-1-6-21(22)28)32-16-8-11-31-23(12-16)18-5-3-4-15-14-30-10-9-17(15)18/h3-5,8-14,21-22H,1-2,6-7,28H2,(H2,29,35)(H2,31,32,33,34)/t21-,22+/m0/s1. The number of nitrogens with one attached hydrogen (secondary N) is 2. The number of hydrogen-bond acceptors (Lipinski definition) is 7. The van der Waals surface area contributed by atoms with E-state index in [9.17, 15) is 9.18 Å². The van der Waals surface area contributed by atoms with E-state index in [2.05, 4.69) is 25.6 Å². The second kappa shape index (κ2) is 9.63. The Morgan fingerprint density at radius 2 is 1.91 bits per heavy atom. The lowest BCUT2D eigenvalue weighted by molar-refractivity contribution is 0.100. The third-order valence-electron chi connectivity index (χ3n) is 6.36. The summed E-state index contributed by atoms with van der Waals surface area (Å²) in [4.78, 5) is 25.2. The maximum atomic E-state index is 14.8. The number of nitrogens with zero attached hydrogens (tertiary/aromatic N) is 3. The van der Waals surface area contributed by atoms with E-state index in [0.29, 0.717) is 5.69 Å². The summed E-state index contributed by atoms with van der Waals surface area (Å²) in [6.45, 7) is 0.